The second kappa shape index (κ2) is 7.62. The molecule has 1 aromatic carbocycles. The van der Waals surface area contributed by atoms with Gasteiger partial charge < -0.3 is 10.5 Å². The van der Waals surface area contributed by atoms with Crippen molar-refractivity contribution in [2.24, 2.45) is 11.7 Å². The molecule has 3 aromatic rings. The van der Waals surface area contributed by atoms with Crippen molar-refractivity contribution in [2.75, 3.05) is 6.61 Å². The van der Waals surface area contributed by atoms with Gasteiger partial charge in [-0.1, -0.05) is 13.8 Å². The first-order valence-electron chi connectivity index (χ1n) is 9.10. The van der Waals surface area contributed by atoms with Crippen LogP contribution in [0.15, 0.2) is 36.5 Å². The lowest BCUT2D eigenvalue weighted by Gasteiger charge is -2.26. The van der Waals surface area contributed by atoms with Crippen LogP contribution in [0.25, 0.3) is 16.9 Å². The van der Waals surface area contributed by atoms with Gasteiger partial charge in [-0.25, -0.2) is 13.9 Å². The number of aromatic nitrogens is 3. The highest BCUT2D eigenvalue weighted by Gasteiger charge is 2.34. The molecule has 2 aromatic heterocycles. The molecule has 2 N–H and O–H groups in total. The van der Waals surface area contributed by atoms with Gasteiger partial charge >= 0.3 is 6.18 Å². The number of fused-ring (bicyclic) bond motifs is 1. The van der Waals surface area contributed by atoms with E-state index in [9.17, 15) is 17.6 Å². The SMILES string of the molecule is CC(C)CC(C)(N)COc1ccc(-c2ccnc3cc(C(F)(F)F)nn23)cc1F. The number of hydrogen-bond donors (Lipinski definition) is 1. The Balaban J connectivity index is 1.88. The molecule has 5 nitrogen and oxygen atoms in total. The molecule has 0 radical (unpaired) electrons. The van der Waals surface area contributed by atoms with E-state index in [0.717, 1.165) is 10.6 Å². The summed E-state index contributed by atoms with van der Waals surface area (Å²) < 4.78 is 60.0. The zero-order valence-electron chi connectivity index (χ0n) is 16.3. The minimum absolute atomic E-state index is 0.0168. The smallest absolute Gasteiger partial charge is 0.435 e. The van der Waals surface area contributed by atoms with Crippen LogP contribution < -0.4 is 10.5 Å². The Morgan fingerprint density at radius 1 is 1.17 bits per heavy atom. The van der Waals surface area contributed by atoms with Gasteiger partial charge in [0.15, 0.2) is 22.9 Å². The summed E-state index contributed by atoms with van der Waals surface area (Å²) in [6.45, 7) is 6.04. The van der Waals surface area contributed by atoms with Gasteiger partial charge in [-0.3, -0.25) is 0 Å². The predicted octanol–water partition coefficient (Wildman–Crippen LogP) is 4.70. The minimum atomic E-state index is -4.60. The molecular weight excluding hydrogens is 388 g/mol. The van der Waals surface area contributed by atoms with Gasteiger partial charge in [-0.05, 0) is 43.5 Å². The van der Waals surface area contributed by atoms with Gasteiger partial charge in [0.25, 0.3) is 0 Å². The number of benzene rings is 1. The largest absolute Gasteiger partial charge is 0.489 e. The van der Waals surface area contributed by atoms with Crippen molar-refractivity contribution >= 4 is 5.65 Å². The molecule has 156 valence electrons. The van der Waals surface area contributed by atoms with Gasteiger partial charge in [0, 0.05) is 23.4 Å². The summed E-state index contributed by atoms with van der Waals surface area (Å²) in [7, 11) is 0. The van der Waals surface area contributed by atoms with Crippen molar-refractivity contribution in [3.05, 3.63) is 48.0 Å². The third-order valence-electron chi connectivity index (χ3n) is 4.31. The Kier molecular flexibility index (Phi) is 5.53. The van der Waals surface area contributed by atoms with Gasteiger partial charge in [0.1, 0.15) is 6.61 Å². The van der Waals surface area contributed by atoms with Crippen molar-refractivity contribution in [1.82, 2.24) is 14.6 Å². The number of ether oxygens (including phenoxy) is 1. The first kappa shape index (κ1) is 21.0. The van der Waals surface area contributed by atoms with E-state index in [1.54, 1.807) is 6.07 Å². The number of rotatable bonds is 6. The van der Waals surface area contributed by atoms with Gasteiger partial charge in [-0.15, -0.1) is 0 Å². The number of nitrogens with zero attached hydrogens (tertiary/aromatic N) is 3. The molecule has 0 spiro atoms. The topological polar surface area (TPSA) is 65.4 Å². The van der Waals surface area contributed by atoms with E-state index in [1.165, 1.54) is 24.4 Å². The van der Waals surface area contributed by atoms with Gasteiger partial charge in [0.2, 0.25) is 0 Å². The van der Waals surface area contributed by atoms with Crippen LogP contribution in [0.1, 0.15) is 32.9 Å². The van der Waals surface area contributed by atoms with Crippen LogP contribution in [0, 0.1) is 11.7 Å². The summed E-state index contributed by atoms with van der Waals surface area (Å²) in [5.41, 5.74) is 5.14. The van der Waals surface area contributed by atoms with Crippen LogP contribution in [0.2, 0.25) is 0 Å². The lowest BCUT2D eigenvalue weighted by Crippen LogP contribution is -2.43. The molecule has 0 saturated heterocycles. The highest BCUT2D eigenvalue weighted by atomic mass is 19.4. The van der Waals surface area contributed by atoms with Crippen LogP contribution in [0.4, 0.5) is 17.6 Å². The van der Waals surface area contributed by atoms with E-state index in [4.69, 9.17) is 10.5 Å². The highest BCUT2D eigenvalue weighted by Crippen LogP contribution is 2.31. The number of alkyl halides is 3. The molecule has 0 saturated carbocycles. The van der Waals surface area contributed by atoms with Crippen LogP contribution in [-0.2, 0) is 6.18 Å². The predicted molar refractivity (Wildman–Crippen MR) is 101 cm³/mol. The van der Waals surface area contributed by atoms with Crippen molar-refractivity contribution in [3.63, 3.8) is 0 Å². The van der Waals surface area contributed by atoms with Crippen molar-refractivity contribution < 1.29 is 22.3 Å². The molecule has 29 heavy (non-hydrogen) atoms. The molecule has 0 aliphatic heterocycles. The van der Waals surface area contributed by atoms with Crippen LogP contribution in [0.3, 0.4) is 0 Å². The first-order valence-corrected chi connectivity index (χ1v) is 9.10. The molecule has 0 aliphatic carbocycles. The fourth-order valence-corrected chi connectivity index (χ4v) is 3.26. The summed E-state index contributed by atoms with van der Waals surface area (Å²) in [5, 5.41) is 3.57. The molecule has 1 unspecified atom stereocenters. The van der Waals surface area contributed by atoms with Crippen molar-refractivity contribution in [1.29, 1.82) is 0 Å². The molecule has 0 bridgehead atoms. The van der Waals surface area contributed by atoms with Crippen molar-refractivity contribution in [2.45, 2.75) is 38.9 Å². The van der Waals surface area contributed by atoms with Crippen LogP contribution >= 0.6 is 0 Å². The Bertz CT molecular complexity index is 1010. The van der Waals surface area contributed by atoms with E-state index in [-0.39, 0.29) is 23.7 Å². The monoisotopic (exact) mass is 410 g/mol. The quantitative estimate of drug-likeness (QED) is 0.599. The van der Waals surface area contributed by atoms with E-state index >= 15 is 0 Å². The van der Waals surface area contributed by atoms with E-state index in [1.807, 2.05) is 20.8 Å². The van der Waals surface area contributed by atoms with Gasteiger partial charge in [-0.2, -0.15) is 18.3 Å². The van der Waals surface area contributed by atoms with Crippen molar-refractivity contribution in [3.8, 4) is 17.0 Å². The Hall–Kier alpha value is -2.68. The lowest BCUT2D eigenvalue weighted by molar-refractivity contribution is -0.141. The average molecular weight is 410 g/mol. The second-order valence-electron chi connectivity index (χ2n) is 7.81. The molecule has 0 amide bonds. The standard InChI is InChI=1S/C20H22F4N4O/c1-12(2)10-19(3,25)11-29-16-5-4-13(8-14(16)21)15-6-7-26-18-9-17(20(22,23)24)27-28(15)18/h4-9,12H,10-11,25H2,1-3H3. The highest BCUT2D eigenvalue weighted by molar-refractivity contribution is 5.63. The van der Waals surface area contributed by atoms with E-state index in [2.05, 4.69) is 10.1 Å². The Labute approximate surface area is 165 Å². The summed E-state index contributed by atoms with van der Waals surface area (Å²) in [6.07, 6.45) is -2.54. The number of hydrogen-bond acceptors (Lipinski definition) is 4. The molecule has 1 atom stereocenters. The van der Waals surface area contributed by atoms with E-state index < -0.39 is 23.2 Å². The lowest BCUT2D eigenvalue weighted by atomic mass is 9.93. The number of halogens is 4. The molecule has 2 heterocycles. The molecule has 0 fully saturated rings. The molecule has 0 aliphatic rings. The minimum Gasteiger partial charge on any atom is -0.489 e. The average Bonchev–Trinajstić information content (AvgIpc) is 3.04. The first-order chi connectivity index (χ1) is 13.5. The summed E-state index contributed by atoms with van der Waals surface area (Å²) in [4.78, 5) is 3.89. The molecule has 3 rings (SSSR count). The van der Waals surface area contributed by atoms with E-state index in [0.29, 0.717) is 17.9 Å². The zero-order valence-corrected chi connectivity index (χ0v) is 16.3. The van der Waals surface area contributed by atoms with Crippen LogP contribution in [-0.4, -0.2) is 26.7 Å². The van der Waals surface area contributed by atoms with Gasteiger partial charge in [0.05, 0.1) is 5.69 Å². The third kappa shape index (κ3) is 4.84. The maximum atomic E-state index is 14.6. The fraction of sp³-hybridized carbons (Fsp3) is 0.400. The maximum absolute atomic E-state index is 14.6. The summed E-state index contributed by atoms with van der Waals surface area (Å²) in [5.74, 6) is -0.252. The second-order valence-corrected chi connectivity index (χ2v) is 7.81. The number of nitrogens with two attached hydrogens (primary N) is 1. The zero-order chi connectivity index (χ0) is 21.4. The Morgan fingerprint density at radius 3 is 2.52 bits per heavy atom. The Morgan fingerprint density at radius 2 is 1.90 bits per heavy atom. The third-order valence-corrected chi connectivity index (χ3v) is 4.31. The fourth-order valence-electron chi connectivity index (χ4n) is 3.26. The molecule has 9 heteroatoms. The normalized spacial score (nSPS) is 14.4. The maximum Gasteiger partial charge on any atom is 0.435 e. The summed E-state index contributed by atoms with van der Waals surface area (Å²) >= 11 is 0. The summed E-state index contributed by atoms with van der Waals surface area (Å²) in [6, 6.07) is 6.48. The van der Waals surface area contributed by atoms with Crippen LogP contribution in [0.5, 0.6) is 5.75 Å². The molecular formula is C20H22F4N4O.